The fraction of sp³-hybridized carbons (Fsp3) is 0.222. The van der Waals surface area contributed by atoms with E-state index >= 15 is 0 Å². The van der Waals surface area contributed by atoms with Crippen LogP contribution in [0.1, 0.15) is 43.8 Å². The molecule has 180 valence electrons. The first kappa shape index (κ1) is 24.2. The summed E-state index contributed by atoms with van der Waals surface area (Å²) in [5.41, 5.74) is 4.02. The van der Waals surface area contributed by atoms with Crippen LogP contribution < -0.4 is 20.1 Å². The summed E-state index contributed by atoms with van der Waals surface area (Å²) in [6.45, 7) is 5.88. The molecule has 0 spiro atoms. The molecule has 2 heterocycles. The highest BCUT2D eigenvalue weighted by Gasteiger charge is 2.27. The molecule has 4 rings (SSSR count). The Morgan fingerprint density at radius 1 is 0.886 bits per heavy atom. The fourth-order valence-electron chi connectivity index (χ4n) is 3.99. The number of hydrogen-bond donors (Lipinski definition) is 2. The Bertz CT molecular complexity index is 1320. The summed E-state index contributed by atoms with van der Waals surface area (Å²) in [6.07, 6.45) is 0. The molecule has 0 aliphatic carbocycles. The predicted octanol–water partition coefficient (Wildman–Crippen LogP) is 5.93. The van der Waals surface area contributed by atoms with Crippen LogP contribution in [-0.4, -0.2) is 30.1 Å². The molecule has 1 atom stereocenters. The van der Waals surface area contributed by atoms with Crippen molar-refractivity contribution in [2.45, 2.75) is 26.8 Å². The van der Waals surface area contributed by atoms with Crippen LogP contribution in [0.2, 0.25) is 0 Å². The summed E-state index contributed by atoms with van der Waals surface area (Å²) in [5, 5.41) is 7.32. The number of para-hydroxylation sites is 1. The summed E-state index contributed by atoms with van der Waals surface area (Å²) in [4.78, 5) is 23.2. The molecule has 0 aliphatic heterocycles. The zero-order chi connectivity index (χ0) is 24.9. The average Bonchev–Trinajstić information content (AvgIpc) is 3.21. The van der Waals surface area contributed by atoms with E-state index in [4.69, 9.17) is 9.47 Å². The van der Waals surface area contributed by atoms with Gasteiger partial charge < -0.3 is 20.1 Å². The minimum absolute atomic E-state index is 0.173. The van der Waals surface area contributed by atoms with Crippen molar-refractivity contribution in [2.75, 3.05) is 24.9 Å². The number of thiophene rings is 1. The summed E-state index contributed by atoms with van der Waals surface area (Å²) < 4.78 is 11.3. The second kappa shape index (κ2) is 10.6. The standard InChI is InChI=1S/C27H28N4O3S/c1-16-14-17(2)29-27(28-16)30-23(20-12-9-13-22(33-4)24(20)34-5)21-15-18(3)35-26(21)31-25(32)19-10-7-6-8-11-19/h6-15,23H,1-5H3,(H,31,32)(H,28,29,30). The van der Waals surface area contributed by atoms with Gasteiger partial charge in [0, 0.05) is 33.0 Å². The number of aromatic nitrogens is 2. The lowest BCUT2D eigenvalue weighted by Crippen LogP contribution is -2.18. The van der Waals surface area contributed by atoms with Crippen LogP contribution in [0.3, 0.4) is 0 Å². The van der Waals surface area contributed by atoms with Gasteiger partial charge in [0.1, 0.15) is 5.00 Å². The molecule has 0 aliphatic rings. The van der Waals surface area contributed by atoms with Crippen LogP contribution in [0.25, 0.3) is 0 Å². The zero-order valence-electron chi connectivity index (χ0n) is 20.4. The molecule has 0 fully saturated rings. The molecule has 1 unspecified atom stereocenters. The van der Waals surface area contributed by atoms with E-state index in [-0.39, 0.29) is 5.91 Å². The van der Waals surface area contributed by atoms with Crippen LogP contribution in [0.15, 0.2) is 60.7 Å². The number of methoxy groups -OCH3 is 2. The lowest BCUT2D eigenvalue weighted by molar-refractivity contribution is 0.102. The first-order valence-corrected chi connectivity index (χ1v) is 12.0. The van der Waals surface area contributed by atoms with E-state index in [1.54, 1.807) is 26.4 Å². The van der Waals surface area contributed by atoms with E-state index in [1.807, 2.05) is 63.2 Å². The van der Waals surface area contributed by atoms with Crippen LogP contribution in [0, 0.1) is 20.8 Å². The van der Waals surface area contributed by atoms with E-state index in [9.17, 15) is 4.79 Å². The highest BCUT2D eigenvalue weighted by molar-refractivity contribution is 7.16. The molecule has 35 heavy (non-hydrogen) atoms. The van der Waals surface area contributed by atoms with Crippen molar-refractivity contribution < 1.29 is 14.3 Å². The van der Waals surface area contributed by atoms with E-state index in [1.165, 1.54) is 11.3 Å². The first-order chi connectivity index (χ1) is 16.9. The first-order valence-electron chi connectivity index (χ1n) is 11.2. The topological polar surface area (TPSA) is 85.4 Å². The van der Waals surface area contributed by atoms with Crippen molar-refractivity contribution in [3.8, 4) is 11.5 Å². The smallest absolute Gasteiger partial charge is 0.256 e. The number of hydrogen-bond acceptors (Lipinski definition) is 7. The number of nitrogens with zero attached hydrogens (tertiary/aromatic N) is 2. The Balaban J connectivity index is 1.83. The van der Waals surface area contributed by atoms with Crippen LogP contribution in [-0.2, 0) is 0 Å². The van der Waals surface area contributed by atoms with Gasteiger partial charge >= 0.3 is 0 Å². The molecule has 2 N–H and O–H groups in total. The minimum atomic E-state index is -0.419. The largest absolute Gasteiger partial charge is 0.493 e. The van der Waals surface area contributed by atoms with Gasteiger partial charge in [-0.25, -0.2) is 9.97 Å². The number of carbonyl (C=O) groups is 1. The van der Waals surface area contributed by atoms with Gasteiger partial charge in [-0.1, -0.05) is 30.3 Å². The number of carbonyl (C=O) groups excluding carboxylic acids is 1. The Kier molecular flexibility index (Phi) is 7.31. The summed E-state index contributed by atoms with van der Waals surface area (Å²) in [5.74, 6) is 1.52. The number of ether oxygens (including phenoxy) is 2. The zero-order valence-corrected chi connectivity index (χ0v) is 21.2. The lowest BCUT2D eigenvalue weighted by Gasteiger charge is -2.23. The Hall–Kier alpha value is -3.91. The molecule has 0 saturated heterocycles. The highest BCUT2D eigenvalue weighted by atomic mass is 32.1. The van der Waals surface area contributed by atoms with Gasteiger partial charge in [-0.15, -0.1) is 11.3 Å². The summed E-state index contributed by atoms with van der Waals surface area (Å²) in [7, 11) is 3.22. The van der Waals surface area contributed by atoms with Gasteiger partial charge in [0.25, 0.3) is 5.91 Å². The third kappa shape index (κ3) is 5.44. The van der Waals surface area contributed by atoms with Crippen LogP contribution in [0.5, 0.6) is 11.5 Å². The van der Waals surface area contributed by atoms with Gasteiger partial charge in [0.05, 0.1) is 20.3 Å². The molecule has 7 nitrogen and oxygen atoms in total. The molecule has 1 amide bonds. The van der Waals surface area contributed by atoms with Crippen molar-refractivity contribution >= 4 is 28.2 Å². The average molecular weight is 489 g/mol. The molecular formula is C27H28N4O3S. The number of anilines is 2. The third-order valence-electron chi connectivity index (χ3n) is 5.46. The number of benzene rings is 2. The maximum Gasteiger partial charge on any atom is 0.256 e. The van der Waals surface area contributed by atoms with E-state index in [0.29, 0.717) is 23.0 Å². The van der Waals surface area contributed by atoms with Crippen LogP contribution in [0.4, 0.5) is 10.9 Å². The molecule has 0 bridgehead atoms. The SMILES string of the molecule is COc1cccc(C(Nc2nc(C)cc(C)n2)c2cc(C)sc2NC(=O)c2ccccc2)c1OC. The van der Waals surface area contributed by atoms with Crippen molar-refractivity contribution in [3.05, 3.63) is 93.6 Å². The molecule has 0 saturated carbocycles. The number of aryl methyl sites for hydroxylation is 3. The summed E-state index contributed by atoms with van der Waals surface area (Å²) in [6, 6.07) is 18.5. The molecule has 4 aromatic rings. The number of amides is 1. The van der Waals surface area contributed by atoms with Crippen molar-refractivity contribution in [1.29, 1.82) is 0 Å². The maximum absolute atomic E-state index is 13.0. The van der Waals surface area contributed by atoms with Crippen molar-refractivity contribution in [1.82, 2.24) is 9.97 Å². The number of nitrogens with one attached hydrogen (secondary N) is 2. The van der Waals surface area contributed by atoms with Gasteiger partial charge in [-0.2, -0.15) is 0 Å². The second-order valence-corrected chi connectivity index (χ2v) is 9.35. The number of rotatable bonds is 8. The molecule has 0 radical (unpaired) electrons. The molecule has 2 aromatic carbocycles. The lowest BCUT2D eigenvalue weighted by atomic mass is 9.98. The Morgan fingerprint density at radius 2 is 1.60 bits per heavy atom. The van der Waals surface area contributed by atoms with Crippen LogP contribution >= 0.6 is 11.3 Å². The second-order valence-electron chi connectivity index (χ2n) is 8.10. The van der Waals surface area contributed by atoms with Gasteiger partial charge in [0.2, 0.25) is 5.95 Å². The van der Waals surface area contributed by atoms with Gasteiger partial charge in [-0.3, -0.25) is 4.79 Å². The highest BCUT2D eigenvalue weighted by Crippen LogP contribution is 2.43. The Morgan fingerprint density at radius 3 is 2.26 bits per heavy atom. The normalized spacial score (nSPS) is 11.6. The third-order valence-corrected chi connectivity index (χ3v) is 6.44. The van der Waals surface area contributed by atoms with Crippen molar-refractivity contribution in [2.24, 2.45) is 0 Å². The molecular weight excluding hydrogens is 460 g/mol. The molecule has 8 heteroatoms. The van der Waals surface area contributed by atoms with Crippen molar-refractivity contribution in [3.63, 3.8) is 0 Å². The quantitative estimate of drug-likeness (QED) is 0.320. The van der Waals surface area contributed by atoms with Gasteiger partial charge in [-0.05, 0) is 51.1 Å². The van der Waals surface area contributed by atoms with Gasteiger partial charge in [0.15, 0.2) is 11.5 Å². The van der Waals surface area contributed by atoms with E-state index < -0.39 is 6.04 Å². The summed E-state index contributed by atoms with van der Waals surface area (Å²) >= 11 is 1.52. The van der Waals surface area contributed by atoms with E-state index in [0.717, 1.165) is 32.4 Å². The maximum atomic E-state index is 13.0. The molecule has 2 aromatic heterocycles. The Labute approximate surface area is 209 Å². The monoisotopic (exact) mass is 488 g/mol. The van der Waals surface area contributed by atoms with E-state index in [2.05, 4.69) is 26.7 Å². The fourth-order valence-corrected chi connectivity index (χ4v) is 4.94. The minimum Gasteiger partial charge on any atom is -0.493 e. The predicted molar refractivity (Wildman–Crippen MR) is 140 cm³/mol.